The molecule has 0 aromatic carbocycles. The van der Waals surface area contributed by atoms with Crippen molar-refractivity contribution in [3.05, 3.63) is 34.0 Å². The molecule has 0 fully saturated rings. The van der Waals surface area contributed by atoms with E-state index in [4.69, 9.17) is 0 Å². The Morgan fingerprint density at radius 2 is 2.05 bits per heavy atom. The van der Waals surface area contributed by atoms with Gasteiger partial charge in [-0.15, -0.1) is 0 Å². The number of hydrogen-bond donors (Lipinski definition) is 1. The van der Waals surface area contributed by atoms with Crippen molar-refractivity contribution in [3.8, 4) is 0 Å². The summed E-state index contributed by atoms with van der Waals surface area (Å²) in [7, 11) is 0. The Hall–Kier alpha value is -1.49. The van der Waals surface area contributed by atoms with Gasteiger partial charge < -0.3 is 15.4 Å². The monoisotopic (exact) mass is 265 g/mol. The summed E-state index contributed by atoms with van der Waals surface area (Å²) in [6, 6.07) is 3.63. The van der Waals surface area contributed by atoms with Gasteiger partial charge in [0.15, 0.2) is 0 Å². The Labute approximate surface area is 114 Å². The molecule has 0 spiro atoms. The van der Waals surface area contributed by atoms with Gasteiger partial charge in [-0.05, 0) is 41.8 Å². The van der Waals surface area contributed by atoms with Crippen LogP contribution >= 0.6 is 0 Å². The van der Waals surface area contributed by atoms with Gasteiger partial charge in [-0.1, -0.05) is 20.8 Å². The molecule has 19 heavy (non-hydrogen) atoms. The van der Waals surface area contributed by atoms with E-state index in [2.05, 4.69) is 38.0 Å². The minimum atomic E-state index is -0.465. The molecule has 2 unspecified atom stereocenters. The van der Waals surface area contributed by atoms with Crippen LogP contribution in [0.4, 0.5) is 5.82 Å². The predicted molar refractivity (Wildman–Crippen MR) is 76.2 cm³/mol. The third kappa shape index (κ3) is 4.28. The highest BCUT2D eigenvalue weighted by atomic mass is 16.6. The van der Waals surface area contributed by atoms with Gasteiger partial charge in [-0.3, -0.25) is 0 Å². The lowest BCUT2D eigenvalue weighted by molar-refractivity contribution is -0.389. The zero-order valence-electron chi connectivity index (χ0n) is 12.1. The van der Waals surface area contributed by atoms with Gasteiger partial charge in [0.1, 0.15) is 6.20 Å². The first-order valence-corrected chi connectivity index (χ1v) is 6.81. The van der Waals surface area contributed by atoms with Crippen molar-refractivity contribution in [3.63, 3.8) is 0 Å². The summed E-state index contributed by atoms with van der Waals surface area (Å²) >= 11 is 0. The molecule has 0 aliphatic carbocycles. The molecule has 0 radical (unpaired) electrons. The molecule has 0 amide bonds. The van der Waals surface area contributed by atoms with Gasteiger partial charge in [0, 0.05) is 23.6 Å². The molecule has 5 heteroatoms. The van der Waals surface area contributed by atoms with Gasteiger partial charge in [0.05, 0.1) is 0 Å². The summed E-state index contributed by atoms with van der Waals surface area (Å²) in [6.07, 6.45) is 2.72. The van der Waals surface area contributed by atoms with E-state index in [0.29, 0.717) is 17.9 Å². The molecule has 0 bridgehead atoms. The van der Waals surface area contributed by atoms with E-state index in [1.807, 2.05) is 6.07 Å². The molecule has 0 aliphatic heterocycles. The Bertz CT molecular complexity index is 404. The second-order valence-electron chi connectivity index (χ2n) is 5.22. The van der Waals surface area contributed by atoms with Crippen molar-refractivity contribution in [2.45, 2.75) is 46.1 Å². The van der Waals surface area contributed by atoms with Crippen LogP contribution in [0, 0.1) is 16.0 Å². The van der Waals surface area contributed by atoms with E-state index in [1.54, 1.807) is 6.20 Å². The van der Waals surface area contributed by atoms with E-state index in [9.17, 15) is 10.1 Å². The molecule has 106 valence electrons. The lowest BCUT2D eigenvalue weighted by atomic mass is 9.84. The van der Waals surface area contributed by atoms with Crippen LogP contribution in [0.25, 0.3) is 0 Å². The normalized spacial score (nSPS) is 14.4. The van der Waals surface area contributed by atoms with Crippen LogP contribution in [-0.2, 0) is 0 Å². The smallest absolute Gasteiger partial charge is 0.358 e. The highest BCUT2D eigenvalue weighted by molar-refractivity contribution is 5.26. The molecule has 0 aliphatic rings. The fourth-order valence-corrected chi connectivity index (χ4v) is 2.45. The first-order chi connectivity index (χ1) is 8.97. The summed E-state index contributed by atoms with van der Waals surface area (Å²) < 4.78 is 0. The number of hydrogen-bond acceptors (Lipinski definition) is 4. The highest BCUT2D eigenvalue weighted by Crippen LogP contribution is 2.28. The summed E-state index contributed by atoms with van der Waals surface area (Å²) in [5.41, 5.74) is 1.05. The standard InChI is InChI=1S/C14H23N3O2/c1-5-8-15-11(4)14(10(2)3)12-6-7-13(16-9-12)17(18)19/h6-7,9-11,14-15H,5,8H2,1-4H3. The van der Waals surface area contributed by atoms with Crippen LogP contribution < -0.4 is 5.32 Å². The molecule has 2 atom stereocenters. The minimum Gasteiger partial charge on any atom is -0.358 e. The third-order valence-electron chi connectivity index (χ3n) is 3.32. The molecule has 1 heterocycles. The van der Waals surface area contributed by atoms with Crippen LogP contribution in [0.15, 0.2) is 18.3 Å². The lowest BCUT2D eigenvalue weighted by Gasteiger charge is -2.28. The van der Waals surface area contributed by atoms with Crippen LogP contribution in [0.5, 0.6) is 0 Å². The number of rotatable bonds is 7. The van der Waals surface area contributed by atoms with Crippen molar-refractivity contribution in [1.82, 2.24) is 10.3 Å². The first-order valence-electron chi connectivity index (χ1n) is 6.81. The maximum atomic E-state index is 10.6. The number of pyridine rings is 1. The second kappa shape index (κ2) is 7.19. The Morgan fingerprint density at radius 3 is 2.47 bits per heavy atom. The fraction of sp³-hybridized carbons (Fsp3) is 0.643. The quantitative estimate of drug-likeness (QED) is 0.607. The van der Waals surface area contributed by atoms with E-state index in [0.717, 1.165) is 18.5 Å². The summed E-state index contributed by atoms with van der Waals surface area (Å²) in [5.74, 6) is 0.655. The summed E-state index contributed by atoms with van der Waals surface area (Å²) in [6.45, 7) is 9.59. The van der Waals surface area contributed by atoms with E-state index >= 15 is 0 Å². The molecule has 1 rings (SSSR count). The van der Waals surface area contributed by atoms with E-state index < -0.39 is 4.92 Å². The zero-order chi connectivity index (χ0) is 14.4. The first kappa shape index (κ1) is 15.6. The molecule has 5 nitrogen and oxygen atoms in total. The maximum absolute atomic E-state index is 10.6. The fourth-order valence-electron chi connectivity index (χ4n) is 2.45. The van der Waals surface area contributed by atoms with Crippen molar-refractivity contribution >= 4 is 5.82 Å². The average Bonchev–Trinajstić information content (AvgIpc) is 2.36. The van der Waals surface area contributed by atoms with Crippen molar-refractivity contribution in [1.29, 1.82) is 0 Å². The minimum absolute atomic E-state index is 0.0968. The molecular formula is C14H23N3O2. The van der Waals surface area contributed by atoms with Gasteiger partial charge in [-0.25, -0.2) is 0 Å². The van der Waals surface area contributed by atoms with Gasteiger partial charge in [0.25, 0.3) is 0 Å². The molecular weight excluding hydrogens is 242 g/mol. The molecule has 0 saturated carbocycles. The largest absolute Gasteiger partial charge is 0.363 e. The van der Waals surface area contributed by atoms with E-state index in [-0.39, 0.29) is 5.82 Å². The van der Waals surface area contributed by atoms with Crippen molar-refractivity contribution in [2.24, 2.45) is 5.92 Å². The molecule has 0 saturated heterocycles. The summed E-state index contributed by atoms with van der Waals surface area (Å²) in [4.78, 5) is 14.1. The Balaban J connectivity index is 2.89. The number of aromatic nitrogens is 1. The van der Waals surface area contributed by atoms with Gasteiger partial charge in [0.2, 0.25) is 0 Å². The number of nitrogens with zero attached hydrogens (tertiary/aromatic N) is 2. The second-order valence-corrected chi connectivity index (χ2v) is 5.22. The molecule has 1 aromatic rings. The van der Waals surface area contributed by atoms with Gasteiger partial charge in [-0.2, -0.15) is 0 Å². The third-order valence-corrected chi connectivity index (χ3v) is 3.32. The highest BCUT2D eigenvalue weighted by Gasteiger charge is 2.24. The van der Waals surface area contributed by atoms with Crippen molar-refractivity contribution < 1.29 is 4.92 Å². The number of nitro groups is 1. The topological polar surface area (TPSA) is 68.1 Å². The predicted octanol–water partition coefficient (Wildman–Crippen LogP) is 3.12. The SMILES string of the molecule is CCCNC(C)C(c1ccc([N+](=O)[O-])nc1)C(C)C. The Morgan fingerprint density at radius 1 is 1.37 bits per heavy atom. The average molecular weight is 265 g/mol. The van der Waals surface area contributed by atoms with Gasteiger partial charge >= 0.3 is 5.82 Å². The zero-order valence-corrected chi connectivity index (χ0v) is 12.1. The molecule has 1 N–H and O–H groups in total. The van der Waals surface area contributed by atoms with Crippen LogP contribution in [-0.4, -0.2) is 22.5 Å². The van der Waals surface area contributed by atoms with Crippen molar-refractivity contribution in [2.75, 3.05) is 6.54 Å². The van der Waals surface area contributed by atoms with E-state index in [1.165, 1.54) is 6.07 Å². The van der Waals surface area contributed by atoms with Crippen LogP contribution in [0.2, 0.25) is 0 Å². The molecule has 1 aromatic heterocycles. The maximum Gasteiger partial charge on any atom is 0.363 e. The van der Waals surface area contributed by atoms with Crippen LogP contribution in [0.3, 0.4) is 0 Å². The lowest BCUT2D eigenvalue weighted by Crippen LogP contribution is -2.35. The summed E-state index contributed by atoms with van der Waals surface area (Å²) in [5, 5.41) is 14.1. The Kier molecular flexibility index (Phi) is 5.89. The number of nitrogens with one attached hydrogen (secondary N) is 1. The van der Waals surface area contributed by atoms with Crippen LogP contribution in [0.1, 0.15) is 45.6 Å².